The normalized spacial score (nSPS) is 10.8. The minimum atomic E-state index is -0.493. The van der Waals surface area contributed by atoms with Gasteiger partial charge in [-0.25, -0.2) is 4.39 Å². The van der Waals surface area contributed by atoms with Crippen molar-refractivity contribution in [2.45, 2.75) is 6.92 Å². The zero-order chi connectivity index (χ0) is 15.0. The van der Waals surface area contributed by atoms with Crippen molar-refractivity contribution in [3.05, 3.63) is 52.3 Å². The highest BCUT2D eigenvalue weighted by Crippen LogP contribution is 2.25. The molecular formula is C14H11BrFN5. The van der Waals surface area contributed by atoms with E-state index in [1.165, 1.54) is 12.1 Å². The van der Waals surface area contributed by atoms with Crippen LogP contribution < -0.4 is 5.73 Å². The number of aromatic nitrogens is 4. The van der Waals surface area contributed by atoms with E-state index in [1.807, 2.05) is 25.1 Å². The van der Waals surface area contributed by atoms with Gasteiger partial charge in [-0.15, -0.1) is 5.10 Å². The SMILES string of the molecule is Cc1ccc(Br)cc1-n1nnnc1-c1ccc(N)c(F)c1. The number of tetrazole rings is 1. The minimum Gasteiger partial charge on any atom is -0.396 e. The molecule has 0 saturated carbocycles. The quantitative estimate of drug-likeness (QED) is 0.723. The minimum absolute atomic E-state index is 0.0939. The Balaban J connectivity index is 2.17. The highest BCUT2D eigenvalue weighted by atomic mass is 79.9. The smallest absolute Gasteiger partial charge is 0.187 e. The fourth-order valence-electron chi connectivity index (χ4n) is 2.01. The monoisotopic (exact) mass is 347 g/mol. The molecule has 3 rings (SSSR count). The highest BCUT2D eigenvalue weighted by molar-refractivity contribution is 9.10. The summed E-state index contributed by atoms with van der Waals surface area (Å²) in [6.07, 6.45) is 0. The lowest BCUT2D eigenvalue weighted by molar-refractivity contribution is 0.632. The number of nitrogens with zero attached hydrogens (tertiary/aromatic N) is 4. The topological polar surface area (TPSA) is 69.6 Å². The molecule has 0 aliphatic heterocycles. The van der Waals surface area contributed by atoms with Gasteiger partial charge in [-0.05, 0) is 53.2 Å². The molecule has 2 N–H and O–H groups in total. The van der Waals surface area contributed by atoms with Gasteiger partial charge < -0.3 is 5.73 Å². The molecule has 0 unspecified atom stereocenters. The van der Waals surface area contributed by atoms with Crippen molar-refractivity contribution in [2.24, 2.45) is 0 Å². The molecule has 1 heterocycles. The Hall–Kier alpha value is -2.28. The summed E-state index contributed by atoms with van der Waals surface area (Å²) in [5.41, 5.74) is 7.97. The summed E-state index contributed by atoms with van der Waals surface area (Å²) in [5, 5.41) is 11.7. The lowest BCUT2D eigenvalue weighted by atomic mass is 10.1. The summed E-state index contributed by atoms with van der Waals surface area (Å²) < 4.78 is 16.1. The third kappa shape index (κ3) is 2.52. The van der Waals surface area contributed by atoms with E-state index in [0.717, 1.165) is 15.7 Å². The van der Waals surface area contributed by atoms with Crippen LogP contribution in [0.2, 0.25) is 0 Å². The average molecular weight is 348 g/mol. The molecule has 0 atom stereocenters. The number of benzene rings is 2. The van der Waals surface area contributed by atoms with Crippen LogP contribution >= 0.6 is 15.9 Å². The molecule has 0 radical (unpaired) electrons. The van der Waals surface area contributed by atoms with Crippen LogP contribution in [0.25, 0.3) is 17.1 Å². The fraction of sp³-hybridized carbons (Fsp3) is 0.0714. The number of aryl methyl sites for hydroxylation is 1. The third-order valence-corrected chi connectivity index (χ3v) is 3.62. The molecule has 0 saturated heterocycles. The number of nitrogens with two attached hydrogens (primary N) is 1. The molecule has 3 aromatic rings. The van der Waals surface area contributed by atoms with Crippen LogP contribution in [0.3, 0.4) is 0 Å². The van der Waals surface area contributed by atoms with Gasteiger partial charge in [-0.2, -0.15) is 4.68 Å². The summed E-state index contributed by atoms with van der Waals surface area (Å²) in [6.45, 7) is 1.96. The standard InChI is InChI=1S/C14H11BrFN5/c1-8-2-4-10(15)7-13(8)21-14(18-19-20-21)9-3-5-12(17)11(16)6-9/h2-7H,17H2,1H3. The zero-order valence-corrected chi connectivity index (χ0v) is 12.7. The van der Waals surface area contributed by atoms with Gasteiger partial charge >= 0.3 is 0 Å². The number of rotatable bonds is 2. The number of hydrogen-bond donors (Lipinski definition) is 1. The second-order valence-electron chi connectivity index (χ2n) is 4.58. The third-order valence-electron chi connectivity index (χ3n) is 3.13. The number of halogens is 2. The Kier molecular flexibility index (Phi) is 3.42. The molecule has 2 aromatic carbocycles. The zero-order valence-electron chi connectivity index (χ0n) is 11.1. The average Bonchev–Trinajstić information content (AvgIpc) is 2.93. The summed E-state index contributed by atoms with van der Waals surface area (Å²) in [6, 6.07) is 10.3. The predicted molar refractivity (Wildman–Crippen MR) is 81.4 cm³/mol. The molecule has 106 valence electrons. The van der Waals surface area contributed by atoms with Gasteiger partial charge in [0.2, 0.25) is 0 Å². The van der Waals surface area contributed by atoms with E-state index in [-0.39, 0.29) is 5.69 Å². The van der Waals surface area contributed by atoms with Crippen molar-refractivity contribution in [2.75, 3.05) is 5.73 Å². The first kappa shape index (κ1) is 13.7. The molecule has 21 heavy (non-hydrogen) atoms. The van der Waals surface area contributed by atoms with Crippen LogP contribution in [0.1, 0.15) is 5.56 Å². The summed E-state index contributed by atoms with van der Waals surface area (Å²) in [5.74, 6) is -0.0388. The van der Waals surface area contributed by atoms with Crippen molar-refractivity contribution >= 4 is 21.6 Å². The van der Waals surface area contributed by atoms with E-state index in [2.05, 4.69) is 31.5 Å². The van der Waals surface area contributed by atoms with Gasteiger partial charge in [0, 0.05) is 10.0 Å². The molecule has 0 aliphatic carbocycles. The fourth-order valence-corrected chi connectivity index (χ4v) is 2.36. The molecule has 0 amide bonds. The van der Waals surface area contributed by atoms with Gasteiger partial charge in [0.05, 0.1) is 11.4 Å². The molecule has 0 fully saturated rings. The van der Waals surface area contributed by atoms with Crippen molar-refractivity contribution in [3.63, 3.8) is 0 Å². The van der Waals surface area contributed by atoms with E-state index in [4.69, 9.17) is 5.73 Å². The van der Waals surface area contributed by atoms with Crippen molar-refractivity contribution < 1.29 is 4.39 Å². The first-order chi connectivity index (χ1) is 10.1. The summed E-state index contributed by atoms with van der Waals surface area (Å²) in [4.78, 5) is 0. The first-order valence-corrected chi connectivity index (χ1v) is 6.96. The molecule has 0 aliphatic rings. The van der Waals surface area contributed by atoms with E-state index in [9.17, 15) is 4.39 Å². The Morgan fingerprint density at radius 3 is 2.76 bits per heavy atom. The van der Waals surface area contributed by atoms with Crippen LogP contribution in [-0.2, 0) is 0 Å². The second-order valence-corrected chi connectivity index (χ2v) is 5.50. The lowest BCUT2D eigenvalue weighted by Gasteiger charge is -2.09. The number of hydrogen-bond acceptors (Lipinski definition) is 4. The Morgan fingerprint density at radius 1 is 1.19 bits per heavy atom. The molecule has 0 bridgehead atoms. The van der Waals surface area contributed by atoms with Gasteiger partial charge in [0.25, 0.3) is 0 Å². The molecular weight excluding hydrogens is 337 g/mol. The maximum absolute atomic E-state index is 13.6. The number of nitrogen functional groups attached to an aromatic ring is 1. The van der Waals surface area contributed by atoms with Crippen LogP contribution in [0.15, 0.2) is 40.9 Å². The van der Waals surface area contributed by atoms with Crippen LogP contribution in [-0.4, -0.2) is 20.2 Å². The van der Waals surface area contributed by atoms with Crippen molar-refractivity contribution in [1.29, 1.82) is 0 Å². The van der Waals surface area contributed by atoms with E-state index in [1.54, 1.807) is 10.7 Å². The second kappa shape index (κ2) is 5.25. The maximum atomic E-state index is 13.6. The summed E-state index contributed by atoms with van der Waals surface area (Å²) in [7, 11) is 0. The Labute approximate surface area is 128 Å². The number of anilines is 1. The van der Waals surface area contributed by atoms with Crippen LogP contribution in [0.4, 0.5) is 10.1 Å². The molecule has 0 spiro atoms. The van der Waals surface area contributed by atoms with Crippen LogP contribution in [0.5, 0.6) is 0 Å². The lowest BCUT2D eigenvalue weighted by Crippen LogP contribution is -2.02. The van der Waals surface area contributed by atoms with Gasteiger partial charge in [-0.1, -0.05) is 22.0 Å². The molecule has 1 aromatic heterocycles. The predicted octanol–water partition coefficient (Wildman–Crippen LogP) is 3.12. The highest BCUT2D eigenvalue weighted by Gasteiger charge is 2.14. The van der Waals surface area contributed by atoms with Crippen LogP contribution in [0, 0.1) is 12.7 Å². The van der Waals surface area contributed by atoms with Gasteiger partial charge in [-0.3, -0.25) is 0 Å². The largest absolute Gasteiger partial charge is 0.396 e. The van der Waals surface area contributed by atoms with E-state index < -0.39 is 5.82 Å². The Morgan fingerprint density at radius 2 is 2.00 bits per heavy atom. The summed E-state index contributed by atoms with van der Waals surface area (Å²) >= 11 is 3.43. The van der Waals surface area contributed by atoms with Gasteiger partial charge in [0.1, 0.15) is 5.82 Å². The molecule has 5 nitrogen and oxygen atoms in total. The van der Waals surface area contributed by atoms with Crippen molar-refractivity contribution in [1.82, 2.24) is 20.2 Å². The van der Waals surface area contributed by atoms with Gasteiger partial charge in [0.15, 0.2) is 5.82 Å². The Bertz CT molecular complexity index is 815. The van der Waals surface area contributed by atoms with Crippen molar-refractivity contribution in [3.8, 4) is 17.1 Å². The van der Waals surface area contributed by atoms with E-state index in [0.29, 0.717) is 11.4 Å². The maximum Gasteiger partial charge on any atom is 0.187 e. The first-order valence-electron chi connectivity index (χ1n) is 6.16. The molecule has 7 heteroatoms. The van der Waals surface area contributed by atoms with E-state index >= 15 is 0 Å².